The number of hydrogen-bond donors (Lipinski definition) is 2. The van der Waals surface area contributed by atoms with Gasteiger partial charge in [-0.1, -0.05) is 18.2 Å². The van der Waals surface area contributed by atoms with Crippen LogP contribution in [-0.4, -0.2) is 54.6 Å². The van der Waals surface area contributed by atoms with Crippen LogP contribution in [0.2, 0.25) is 0 Å². The fourth-order valence-electron chi connectivity index (χ4n) is 3.21. The van der Waals surface area contributed by atoms with Crippen LogP contribution in [0.1, 0.15) is 31.9 Å². The van der Waals surface area contributed by atoms with Gasteiger partial charge in [0, 0.05) is 18.8 Å². The van der Waals surface area contributed by atoms with E-state index in [-0.39, 0.29) is 36.6 Å². The average Bonchev–Trinajstić information content (AvgIpc) is 2.54. The number of anilines is 1. The molecule has 1 aliphatic rings. The Balaban J connectivity index is 1.85. The predicted molar refractivity (Wildman–Crippen MR) is 98.6 cm³/mol. The van der Waals surface area contributed by atoms with Crippen LogP contribution in [-0.2, 0) is 14.3 Å². The van der Waals surface area contributed by atoms with E-state index in [0.717, 1.165) is 16.8 Å². The molecular formula is C19H29N3O3. The summed E-state index contributed by atoms with van der Waals surface area (Å²) in [6.07, 6.45) is 0.206. The van der Waals surface area contributed by atoms with Crippen LogP contribution in [0.3, 0.4) is 0 Å². The fraction of sp³-hybridized carbons (Fsp3) is 0.579. The molecule has 0 bridgehead atoms. The molecule has 3 unspecified atom stereocenters. The molecule has 3 atom stereocenters. The zero-order valence-corrected chi connectivity index (χ0v) is 15.8. The highest BCUT2D eigenvalue weighted by Crippen LogP contribution is 2.19. The molecule has 1 heterocycles. The lowest BCUT2D eigenvalue weighted by Gasteiger charge is -2.38. The van der Waals surface area contributed by atoms with Gasteiger partial charge in [-0.25, -0.2) is 0 Å². The topological polar surface area (TPSA) is 70.7 Å². The minimum absolute atomic E-state index is 0.0353. The van der Waals surface area contributed by atoms with E-state index < -0.39 is 0 Å². The summed E-state index contributed by atoms with van der Waals surface area (Å²) in [6.45, 7) is 11.2. The van der Waals surface area contributed by atoms with E-state index in [2.05, 4.69) is 15.5 Å². The molecule has 1 aromatic rings. The van der Waals surface area contributed by atoms with Crippen molar-refractivity contribution in [3.63, 3.8) is 0 Å². The molecule has 0 radical (unpaired) electrons. The molecule has 25 heavy (non-hydrogen) atoms. The number of para-hydroxylation sites is 1. The molecule has 1 saturated heterocycles. The summed E-state index contributed by atoms with van der Waals surface area (Å²) >= 11 is 0. The van der Waals surface area contributed by atoms with Crippen LogP contribution in [0.25, 0.3) is 0 Å². The molecule has 2 N–H and O–H groups in total. The van der Waals surface area contributed by atoms with E-state index in [1.54, 1.807) is 0 Å². The van der Waals surface area contributed by atoms with Crippen molar-refractivity contribution in [3.8, 4) is 0 Å². The van der Waals surface area contributed by atoms with Crippen LogP contribution >= 0.6 is 0 Å². The SMILES string of the molecule is Cc1cccc(C)c1NC(=O)CNC(=O)C(C)N1CC(C)OC(C)C1. The Labute approximate surface area is 149 Å². The number of carbonyl (C=O) groups is 2. The van der Waals surface area contributed by atoms with Crippen molar-refractivity contribution in [3.05, 3.63) is 29.3 Å². The second kappa shape index (κ2) is 8.45. The number of ether oxygens (including phenoxy) is 1. The van der Waals surface area contributed by atoms with Crippen molar-refractivity contribution in [2.75, 3.05) is 25.0 Å². The van der Waals surface area contributed by atoms with Gasteiger partial charge in [0.15, 0.2) is 0 Å². The Kier molecular flexibility index (Phi) is 6.56. The molecule has 1 fully saturated rings. The highest BCUT2D eigenvalue weighted by molar-refractivity contribution is 5.96. The number of nitrogens with zero attached hydrogens (tertiary/aromatic N) is 1. The van der Waals surface area contributed by atoms with Crippen molar-refractivity contribution in [1.29, 1.82) is 0 Å². The summed E-state index contributed by atoms with van der Waals surface area (Å²) in [4.78, 5) is 26.6. The lowest BCUT2D eigenvalue weighted by molar-refractivity contribution is -0.133. The van der Waals surface area contributed by atoms with Gasteiger partial charge in [-0.05, 0) is 45.7 Å². The smallest absolute Gasteiger partial charge is 0.243 e. The number of amides is 2. The van der Waals surface area contributed by atoms with E-state index in [9.17, 15) is 9.59 Å². The van der Waals surface area contributed by atoms with Gasteiger partial charge in [-0.3, -0.25) is 14.5 Å². The quantitative estimate of drug-likeness (QED) is 0.853. The third kappa shape index (κ3) is 5.28. The number of carbonyl (C=O) groups excluding carboxylic acids is 2. The Bertz CT molecular complexity index is 602. The minimum Gasteiger partial charge on any atom is -0.373 e. The van der Waals surface area contributed by atoms with Crippen molar-refractivity contribution in [1.82, 2.24) is 10.2 Å². The van der Waals surface area contributed by atoms with Crippen molar-refractivity contribution in [2.45, 2.75) is 52.9 Å². The Morgan fingerprint density at radius 3 is 2.32 bits per heavy atom. The first-order valence-electron chi connectivity index (χ1n) is 8.81. The van der Waals surface area contributed by atoms with Gasteiger partial charge in [-0.2, -0.15) is 0 Å². The standard InChI is InChI=1S/C19H29N3O3/c1-12-7-6-8-13(2)18(12)21-17(23)9-20-19(24)16(5)22-10-14(3)25-15(4)11-22/h6-8,14-16H,9-11H2,1-5H3,(H,20,24)(H,21,23). The largest absolute Gasteiger partial charge is 0.373 e. The number of morpholine rings is 1. The molecule has 138 valence electrons. The Morgan fingerprint density at radius 1 is 1.20 bits per heavy atom. The van der Waals surface area contributed by atoms with Crippen LogP contribution < -0.4 is 10.6 Å². The maximum absolute atomic E-state index is 12.4. The van der Waals surface area contributed by atoms with E-state index in [1.165, 1.54) is 0 Å². The maximum atomic E-state index is 12.4. The highest BCUT2D eigenvalue weighted by Gasteiger charge is 2.29. The van der Waals surface area contributed by atoms with E-state index in [1.807, 2.05) is 52.8 Å². The molecular weight excluding hydrogens is 318 g/mol. The van der Waals surface area contributed by atoms with Crippen molar-refractivity contribution < 1.29 is 14.3 Å². The molecule has 0 spiro atoms. The maximum Gasteiger partial charge on any atom is 0.243 e. The first-order chi connectivity index (χ1) is 11.8. The number of hydrogen-bond acceptors (Lipinski definition) is 4. The van der Waals surface area contributed by atoms with Crippen molar-refractivity contribution in [2.24, 2.45) is 0 Å². The van der Waals surface area contributed by atoms with E-state index in [0.29, 0.717) is 13.1 Å². The molecule has 2 amide bonds. The zero-order chi connectivity index (χ0) is 18.6. The first kappa shape index (κ1) is 19.4. The highest BCUT2D eigenvalue weighted by atomic mass is 16.5. The Hall–Kier alpha value is -1.92. The molecule has 0 saturated carbocycles. The molecule has 0 aromatic heterocycles. The number of benzene rings is 1. The zero-order valence-electron chi connectivity index (χ0n) is 15.8. The third-order valence-electron chi connectivity index (χ3n) is 4.54. The number of rotatable bonds is 5. The van der Waals surface area contributed by atoms with Crippen LogP contribution in [0, 0.1) is 13.8 Å². The third-order valence-corrected chi connectivity index (χ3v) is 4.54. The van der Waals surface area contributed by atoms with Gasteiger partial charge in [-0.15, -0.1) is 0 Å². The lowest BCUT2D eigenvalue weighted by atomic mass is 10.1. The molecule has 2 rings (SSSR count). The summed E-state index contributed by atoms with van der Waals surface area (Å²) in [5.74, 6) is -0.361. The fourth-order valence-corrected chi connectivity index (χ4v) is 3.21. The summed E-state index contributed by atoms with van der Waals surface area (Å²) in [5, 5.41) is 5.61. The summed E-state index contributed by atoms with van der Waals surface area (Å²) in [5.41, 5.74) is 2.82. The summed E-state index contributed by atoms with van der Waals surface area (Å²) in [6, 6.07) is 5.56. The Morgan fingerprint density at radius 2 is 1.76 bits per heavy atom. The van der Waals surface area contributed by atoms with Gasteiger partial charge in [0.2, 0.25) is 11.8 Å². The minimum atomic E-state index is -0.290. The number of aryl methyl sites for hydroxylation is 2. The second-order valence-electron chi connectivity index (χ2n) is 6.92. The van der Waals surface area contributed by atoms with Gasteiger partial charge in [0.25, 0.3) is 0 Å². The van der Waals surface area contributed by atoms with Gasteiger partial charge in [0.1, 0.15) is 0 Å². The van der Waals surface area contributed by atoms with Crippen molar-refractivity contribution >= 4 is 17.5 Å². The number of nitrogens with one attached hydrogen (secondary N) is 2. The average molecular weight is 347 g/mol. The molecule has 1 aromatic carbocycles. The molecule has 6 nitrogen and oxygen atoms in total. The van der Waals surface area contributed by atoms with Crippen LogP contribution in [0.4, 0.5) is 5.69 Å². The van der Waals surface area contributed by atoms with Crippen LogP contribution in [0.15, 0.2) is 18.2 Å². The van der Waals surface area contributed by atoms with Gasteiger partial charge >= 0.3 is 0 Å². The van der Waals surface area contributed by atoms with Gasteiger partial charge < -0.3 is 15.4 Å². The monoisotopic (exact) mass is 347 g/mol. The van der Waals surface area contributed by atoms with Crippen LogP contribution in [0.5, 0.6) is 0 Å². The second-order valence-corrected chi connectivity index (χ2v) is 6.92. The summed E-state index contributed by atoms with van der Waals surface area (Å²) < 4.78 is 5.70. The van der Waals surface area contributed by atoms with Gasteiger partial charge in [0.05, 0.1) is 24.8 Å². The van der Waals surface area contributed by atoms with E-state index in [4.69, 9.17) is 4.74 Å². The lowest BCUT2D eigenvalue weighted by Crippen LogP contribution is -2.54. The first-order valence-corrected chi connectivity index (χ1v) is 8.81. The van der Waals surface area contributed by atoms with E-state index >= 15 is 0 Å². The normalized spacial score (nSPS) is 22.3. The molecule has 1 aliphatic heterocycles. The molecule has 0 aliphatic carbocycles. The predicted octanol–water partition coefficient (Wildman–Crippen LogP) is 1.86. The summed E-state index contributed by atoms with van der Waals surface area (Å²) in [7, 11) is 0. The molecule has 6 heteroatoms.